The third kappa shape index (κ3) is 2.61. The van der Waals surface area contributed by atoms with E-state index in [9.17, 15) is 13.2 Å². The van der Waals surface area contributed by atoms with Crippen molar-refractivity contribution in [3.05, 3.63) is 48.2 Å². The Hall–Kier alpha value is -2.04. The second-order valence-corrected chi connectivity index (χ2v) is 3.75. The average Bonchev–Trinajstić information content (AvgIpc) is 2.38. The first kappa shape index (κ1) is 12.4. The molecule has 1 aromatic heterocycles. The number of anilines is 1. The zero-order valence-corrected chi connectivity index (χ0v) is 9.62. The first-order valence-corrected chi connectivity index (χ1v) is 5.32. The molecule has 1 aromatic carbocycles. The predicted octanol–water partition coefficient (Wildman–Crippen LogP) is 3.81. The quantitative estimate of drug-likeness (QED) is 0.879. The zero-order valence-electron chi connectivity index (χ0n) is 9.62. The van der Waals surface area contributed by atoms with Crippen molar-refractivity contribution in [2.75, 3.05) is 12.4 Å². The van der Waals surface area contributed by atoms with Crippen LogP contribution in [0.3, 0.4) is 0 Å². The minimum absolute atomic E-state index is 0.644. The van der Waals surface area contributed by atoms with E-state index in [1.807, 2.05) is 0 Å². The lowest BCUT2D eigenvalue weighted by Crippen LogP contribution is -2.04. The lowest BCUT2D eigenvalue weighted by atomic mass is 10.0. The van der Waals surface area contributed by atoms with Crippen LogP contribution >= 0.6 is 0 Å². The fraction of sp³-hybridized carbons (Fsp3) is 0.154. The van der Waals surface area contributed by atoms with Gasteiger partial charge < -0.3 is 5.32 Å². The number of alkyl halides is 3. The molecule has 18 heavy (non-hydrogen) atoms. The maximum Gasteiger partial charge on any atom is 0.416 e. The number of hydrogen-bond acceptors (Lipinski definition) is 2. The summed E-state index contributed by atoms with van der Waals surface area (Å²) in [6.07, 6.45) is -2.69. The molecule has 0 amide bonds. The van der Waals surface area contributed by atoms with Gasteiger partial charge in [0.1, 0.15) is 5.82 Å². The number of benzene rings is 1. The van der Waals surface area contributed by atoms with Crippen LogP contribution in [0.1, 0.15) is 5.56 Å². The summed E-state index contributed by atoms with van der Waals surface area (Å²) in [6, 6.07) is 8.60. The van der Waals surface area contributed by atoms with Crippen LogP contribution in [0, 0.1) is 0 Å². The van der Waals surface area contributed by atoms with Crippen molar-refractivity contribution in [3.8, 4) is 11.1 Å². The van der Waals surface area contributed by atoms with Gasteiger partial charge in [-0.15, -0.1) is 0 Å². The normalized spacial score (nSPS) is 11.3. The third-order valence-electron chi connectivity index (χ3n) is 2.56. The molecule has 1 N–H and O–H groups in total. The molecule has 0 saturated heterocycles. The highest BCUT2D eigenvalue weighted by Gasteiger charge is 2.29. The Bertz CT molecular complexity index is 533. The Kier molecular flexibility index (Phi) is 3.23. The lowest BCUT2D eigenvalue weighted by molar-refractivity contribution is -0.137. The van der Waals surface area contributed by atoms with Gasteiger partial charge in [-0.25, -0.2) is 4.98 Å². The molecule has 2 nitrogen and oxygen atoms in total. The monoisotopic (exact) mass is 252 g/mol. The molecule has 0 saturated carbocycles. The highest BCUT2D eigenvalue weighted by atomic mass is 19.4. The fourth-order valence-electron chi connectivity index (χ4n) is 1.60. The third-order valence-corrected chi connectivity index (χ3v) is 2.56. The molecule has 0 aliphatic rings. The number of pyridine rings is 1. The van der Waals surface area contributed by atoms with Crippen LogP contribution < -0.4 is 5.32 Å². The maximum absolute atomic E-state index is 12.4. The Morgan fingerprint density at radius 2 is 1.67 bits per heavy atom. The molecular weight excluding hydrogens is 241 g/mol. The second kappa shape index (κ2) is 4.68. The van der Waals surface area contributed by atoms with E-state index in [4.69, 9.17) is 0 Å². The van der Waals surface area contributed by atoms with Crippen LogP contribution in [0.25, 0.3) is 11.1 Å². The molecule has 0 atom stereocenters. The number of nitrogens with one attached hydrogen (secondary N) is 1. The number of hydrogen-bond donors (Lipinski definition) is 1. The number of aromatic nitrogens is 1. The largest absolute Gasteiger partial charge is 0.416 e. The highest BCUT2D eigenvalue weighted by molar-refractivity contribution is 5.66. The number of nitrogens with zero attached hydrogens (tertiary/aromatic N) is 1. The van der Waals surface area contributed by atoms with Crippen LogP contribution in [-0.4, -0.2) is 12.0 Å². The molecular formula is C13H11F3N2. The molecule has 1 heterocycles. The van der Waals surface area contributed by atoms with Crippen LogP contribution in [0.5, 0.6) is 0 Å². The zero-order chi connectivity index (χ0) is 13.2. The van der Waals surface area contributed by atoms with Gasteiger partial charge in [0.2, 0.25) is 0 Å². The van der Waals surface area contributed by atoms with Crippen molar-refractivity contribution < 1.29 is 13.2 Å². The second-order valence-electron chi connectivity index (χ2n) is 3.75. The molecule has 2 aromatic rings. The maximum atomic E-state index is 12.4. The molecule has 2 rings (SSSR count). The van der Waals surface area contributed by atoms with Gasteiger partial charge >= 0.3 is 6.18 Å². The van der Waals surface area contributed by atoms with Gasteiger partial charge in [-0.1, -0.05) is 12.1 Å². The molecule has 0 aliphatic heterocycles. The standard InChI is InChI=1S/C13H11F3N2/c1-17-12-8-10(6-7-18-12)9-2-4-11(5-3-9)13(14,15)16/h2-8H,1H3,(H,17,18). The molecule has 0 bridgehead atoms. The van der Waals surface area contributed by atoms with Crippen molar-refractivity contribution in [2.45, 2.75) is 6.18 Å². The Balaban J connectivity index is 2.34. The number of rotatable bonds is 2. The van der Waals surface area contributed by atoms with Crippen LogP contribution in [0.15, 0.2) is 42.6 Å². The molecule has 0 radical (unpaired) electrons. The SMILES string of the molecule is CNc1cc(-c2ccc(C(F)(F)F)cc2)ccn1. The molecule has 0 spiro atoms. The van der Waals surface area contributed by atoms with Crippen LogP contribution in [0.4, 0.5) is 19.0 Å². The molecule has 0 fully saturated rings. The van der Waals surface area contributed by atoms with Gasteiger partial charge in [-0.05, 0) is 35.4 Å². The summed E-state index contributed by atoms with van der Waals surface area (Å²) < 4.78 is 37.3. The van der Waals surface area contributed by atoms with E-state index in [2.05, 4.69) is 10.3 Å². The minimum Gasteiger partial charge on any atom is -0.373 e. The lowest BCUT2D eigenvalue weighted by Gasteiger charge is -2.08. The molecule has 5 heteroatoms. The van der Waals surface area contributed by atoms with E-state index in [0.717, 1.165) is 23.3 Å². The number of halogens is 3. The van der Waals surface area contributed by atoms with Gasteiger partial charge in [0.25, 0.3) is 0 Å². The topological polar surface area (TPSA) is 24.9 Å². The van der Waals surface area contributed by atoms with E-state index in [-0.39, 0.29) is 0 Å². The van der Waals surface area contributed by atoms with E-state index in [0.29, 0.717) is 5.82 Å². The average molecular weight is 252 g/mol. The van der Waals surface area contributed by atoms with Crippen molar-refractivity contribution in [1.82, 2.24) is 4.98 Å². The van der Waals surface area contributed by atoms with Crippen LogP contribution in [0.2, 0.25) is 0 Å². The van der Waals surface area contributed by atoms with Crippen molar-refractivity contribution in [3.63, 3.8) is 0 Å². The first-order chi connectivity index (χ1) is 8.50. The van der Waals surface area contributed by atoms with Crippen molar-refractivity contribution >= 4 is 5.82 Å². The van der Waals surface area contributed by atoms with Crippen molar-refractivity contribution in [2.24, 2.45) is 0 Å². The summed E-state index contributed by atoms with van der Waals surface area (Å²) in [4.78, 5) is 4.05. The first-order valence-electron chi connectivity index (χ1n) is 5.32. The Morgan fingerprint density at radius 1 is 1.00 bits per heavy atom. The van der Waals surface area contributed by atoms with Crippen molar-refractivity contribution in [1.29, 1.82) is 0 Å². The summed E-state index contributed by atoms with van der Waals surface area (Å²) in [5.41, 5.74) is 0.902. The highest BCUT2D eigenvalue weighted by Crippen LogP contribution is 2.31. The smallest absolute Gasteiger partial charge is 0.373 e. The fourth-order valence-corrected chi connectivity index (χ4v) is 1.60. The van der Waals surface area contributed by atoms with E-state index in [1.165, 1.54) is 12.1 Å². The van der Waals surface area contributed by atoms with Crippen LogP contribution in [-0.2, 0) is 6.18 Å². The van der Waals surface area contributed by atoms with Gasteiger partial charge in [0.15, 0.2) is 0 Å². The summed E-state index contributed by atoms with van der Waals surface area (Å²) in [7, 11) is 1.73. The van der Waals surface area contributed by atoms with Gasteiger partial charge in [-0.2, -0.15) is 13.2 Å². The summed E-state index contributed by atoms with van der Waals surface area (Å²) >= 11 is 0. The van der Waals surface area contributed by atoms with Gasteiger partial charge in [-0.3, -0.25) is 0 Å². The molecule has 94 valence electrons. The van der Waals surface area contributed by atoms with E-state index < -0.39 is 11.7 Å². The van der Waals surface area contributed by atoms with E-state index >= 15 is 0 Å². The van der Waals surface area contributed by atoms with Gasteiger partial charge in [0, 0.05) is 13.2 Å². The molecule has 0 unspecified atom stereocenters. The van der Waals surface area contributed by atoms with E-state index in [1.54, 1.807) is 25.4 Å². The summed E-state index contributed by atoms with van der Waals surface area (Å²) in [6.45, 7) is 0. The Morgan fingerprint density at radius 3 is 2.22 bits per heavy atom. The summed E-state index contributed by atoms with van der Waals surface area (Å²) in [5.74, 6) is 0.674. The Labute approximate surface area is 102 Å². The van der Waals surface area contributed by atoms with Gasteiger partial charge in [0.05, 0.1) is 5.56 Å². The minimum atomic E-state index is -4.30. The molecule has 0 aliphatic carbocycles. The summed E-state index contributed by atoms with van der Waals surface area (Å²) in [5, 5.41) is 2.88. The predicted molar refractivity (Wildman–Crippen MR) is 64.2 cm³/mol.